The normalized spacial score (nSPS) is 11.1. The molecule has 0 saturated heterocycles. The number of hydrogen-bond donors (Lipinski definition) is 0. The molecule has 0 unspecified atom stereocenters. The molecule has 6 nitrogen and oxygen atoms in total. The van der Waals surface area contributed by atoms with E-state index in [0.717, 1.165) is 22.5 Å². The van der Waals surface area contributed by atoms with Gasteiger partial charge in [-0.3, -0.25) is 19.1 Å². The molecule has 0 bridgehead atoms. The third-order valence-electron chi connectivity index (χ3n) is 4.41. The minimum atomic E-state index is -0.105. The minimum Gasteiger partial charge on any atom is -0.292 e. The van der Waals surface area contributed by atoms with Crippen LogP contribution in [0.3, 0.4) is 0 Å². The number of benzene rings is 1. The number of anilines is 2. The van der Waals surface area contributed by atoms with E-state index < -0.39 is 0 Å². The first-order chi connectivity index (χ1) is 13.4. The molecule has 0 aliphatic heterocycles. The van der Waals surface area contributed by atoms with Gasteiger partial charge in [0.1, 0.15) is 4.70 Å². The molecule has 28 heavy (non-hydrogen) atoms. The van der Waals surface area contributed by atoms with E-state index in [1.165, 1.54) is 29.6 Å². The molecular weight excluding hydrogens is 392 g/mol. The van der Waals surface area contributed by atoms with Crippen molar-refractivity contribution in [1.29, 1.82) is 0 Å². The first-order valence-electron chi connectivity index (χ1n) is 8.69. The Morgan fingerprint density at radius 1 is 1.21 bits per heavy atom. The molecule has 4 aromatic rings. The fraction of sp³-hybridized carbons (Fsp3) is 0.200. The zero-order valence-corrected chi connectivity index (χ0v) is 17.3. The summed E-state index contributed by atoms with van der Waals surface area (Å²) in [4.78, 5) is 35.5. The van der Waals surface area contributed by atoms with Crippen molar-refractivity contribution >= 4 is 49.6 Å². The molecule has 8 heteroatoms. The van der Waals surface area contributed by atoms with Gasteiger partial charge in [-0.15, -0.1) is 22.7 Å². The number of nitrogens with zero attached hydrogens (tertiary/aromatic N) is 4. The lowest BCUT2D eigenvalue weighted by Crippen LogP contribution is -2.24. The number of aryl methyl sites for hydroxylation is 2. The Morgan fingerprint density at radius 3 is 2.79 bits per heavy atom. The molecule has 0 saturated carbocycles. The molecule has 4 rings (SSSR count). The van der Waals surface area contributed by atoms with Crippen molar-refractivity contribution in [2.24, 2.45) is 0 Å². The van der Waals surface area contributed by atoms with Crippen LogP contribution in [0.4, 0.5) is 10.8 Å². The summed E-state index contributed by atoms with van der Waals surface area (Å²) in [5.41, 5.74) is 4.32. The average molecular weight is 411 g/mol. The maximum absolute atomic E-state index is 12.6. The molecule has 0 fully saturated rings. The van der Waals surface area contributed by atoms with E-state index in [2.05, 4.69) is 9.97 Å². The van der Waals surface area contributed by atoms with Gasteiger partial charge in [0.2, 0.25) is 5.91 Å². The van der Waals surface area contributed by atoms with Gasteiger partial charge in [0, 0.05) is 12.3 Å². The van der Waals surface area contributed by atoms with E-state index >= 15 is 0 Å². The maximum Gasteiger partial charge on any atom is 0.271 e. The highest BCUT2D eigenvalue weighted by Gasteiger charge is 2.20. The third kappa shape index (κ3) is 3.36. The van der Waals surface area contributed by atoms with Crippen LogP contribution in [-0.4, -0.2) is 20.4 Å². The van der Waals surface area contributed by atoms with E-state index in [1.54, 1.807) is 15.8 Å². The van der Waals surface area contributed by atoms with Crippen LogP contribution >= 0.6 is 22.7 Å². The summed E-state index contributed by atoms with van der Waals surface area (Å²) < 4.78 is 2.19. The van der Waals surface area contributed by atoms with Crippen molar-refractivity contribution < 1.29 is 4.79 Å². The zero-order valence-electron chi connectivity index (χ0n) is 15.7. The van der Waals surface area contributed by atoms with E-state index in [4.69, 9.17) is 0 Å². The number of fused-ring (bicyclic) bond motifs is 1. The molecule has 3 aromatic heterocycles. The van der Waals surface area contributed by atoms with Crippen LogP contribution in [0.15, 0.2) is 46.1 Å². The first kappa shape index (κ1) is 18.5. The summed E-state index contributed by atoms with van der Waals surface area (Å²) in [7, 11) is 0. The summed E-state index contributed by atoms with van der Waals surface area (Å²) in [5.74, 6) is -0.105. The largest absolute Gasteiger partial charge is 0.292 e. The number of thiophene rings is 1. The van der Waals surface area contributed by atoms with Crippen molar-refractivity contribution in [2.45, 2.75) is 27.3 Å². The lowest BCUT2D eigenvalue weighted by molar-refractivity contribution is -0.115. The number of carbonyl (C=O) groups is 1. The molecule has 0 spiro atoms. The molecule has 0 radical (unpaired) electrons. The summed E-state index contributed by atoms with van der Waals surface area (Å²) in [6, 6.07) is 7.79. The van der Waals surface area contributed by atoms with E-state index in [1.807, 2.05) is 48.9 Å². The highest BCUT2D eigenvalue weighted by atomic mass is 32.1. The summed E-state index contributed by atoms with van der Waals surface area (Å²) >= 11 is 2.77. The molecule has 0 aliphatic rings. The Morgan fingerprint density at radius 2 is 2.04 bits per heavy atom. The van der Waals surface area contributed by atoms with Crippen LogP contribution in [0.2, 0.25) is 0 Å². The number of thiazole rings is 1. The number of carbonyl (C=O) groups excluding carboxylic acids is 1. The van der Waals surface area contributed by atoms with E-state index in [9.17, 15) is 9.59 Å². The Bertz CT molecular complexity index is 1240. The van der Waals surface area contributed by atoms with Crippen LogP contribution in [0, 0.1) is 13.8 Å². The van der Waals surface area contributed by atoms with Crippen LogP contribution in [-0.2, 0) is 11.3 Å². The summed E-state index contributed by atoms with van der Waals surface area (Å²) in [6.07, 6.45) is 1.54. The van der Waals surface area contributed by atoms with E-state index in [-0.39, 0.29) is 11.5 Å². The quantitative estimate of drug-likeness (QED) is 0.504. The standard InChI is InChI=1S/C20H18N4O2S2/c1-12-4-5-17(13(2)8-12)24(14(3)25)20-22-15(10-28-20)9-23-11-21-16-6-7-27-18(16)19(23)26/h4-8,10-11H,9H2,1-3H3. The molecule has 142 valence electrons. The summed E-state index contributed by atoms with van der Waals surface area (Å²) in [5, 5.41) is 4.33. The highest BCUT2D eigenvalue weighted by molar-refractivity contribution is 7.17. The molecule has 1 aromatic carbocycles. The first-order valence-corrected chi connectivity index (χ1v) is 10.4. The van der Waals surface area contributed by atoms with Gasteiger partial charge < -0.3 is 0 Å². The predicted molar refractivity (Wildman–Crippen MR) is 114 cm³/mol. The summed E-state index contributed by atoms with van der Waals surface area (Å²) in [6.45, 7) is 5.84. The van der Waals surface area contributed by atoms with Crippen molar-refractivity contribution in [2.75, 3.05) is 4.90 Å². The van der Waals surface area contributed by atoms with Crippen LogP contribution in [0.25, 0.3) is 10.2 Å². The molecular formula is C20H18N4O2S2. The van der Waals surface area contributed by atoms with Gasteiger partial charge in [-0.05, 0) is 36.9 Å². The number of rotatable bonds is 4. The fourth-order valence-electron chi connectivity index (χ4n) is 3.10. The van der Waals surface area contributed by atoms with Crippen LogP contribution in [0.1, 0.15) is 23.7 Å². The molecule has 3 heterocycles. The second kappa shape index (κ2) is 7.29. The lowest BCUT2D eigenvalue weighted by Gasteiger charge is -2.20. The van der Waals surface area contributed by atoms with Crippen LogP contribution in [0.5, 0.6) is 0 Å². The van der Waals surface area contributed by atoms with Crippen molar-refractivity contribution in [3.63, 3.8) is 0 Å². The Balaban J connectivity index is 1.67. The maximum atomic E-state index is 12.6. The minimum absolute atomic E-state index is 0.0765. The fourth-order valence-corrected chi connectivity index (χ4v) is 4.76. The highest BCUT2D eigenvalue weighted by Crippen LogP contribution is 2.31. The van der Waals surface area contributed by atoms with Gasteiger partial charge in [0.05, 0.1) is 29.8 Å². The lowest BCUT2D eigenvalue weighted by atomic mass is 10.1. The predicted octanol–water partition coefficient (Wildman–Crippen LogP) is 4.26. The smallest absolute Gasteiger partial charge is 0.271 e. The number of aromatic nitrogens is 3. The average Bonchev–Trinajstić information content (AvgIpc) is 3.29. The van der Waals surface area contributed by atoms with Gasteiger partial charge in [-0.2, -0.15) is 0 Å². The second-order valence-electron chi connectivity index (χ2n) is 6.58. The molecule has 1 amide bonds. The van der Waals surface area contributed by atoms with Gasteiger partial charge in [0.25, 0.3) is 5.56 Å². The second-order valence-corrected chi connectivity index (χ2v) is 8.33. The van der Waals surface area contributed by atoms with Crippen molar-refractivity contribution in [1.82, 2.24) is 14.5 Å². The number of hydrogen-bond acceptors (Lipinski definition) is 6. The monoisotopic (exact) mass is 410 g/mol. The Hall–Kier alpha value is -2.84. The van der Waals surface area contributed by atoms with Crippen LogP contribution < -0.4 is 10.5 Å². The molecule has 0 N–H and O–H groups in total. The van der Waals surface area contributed by atoms with Gasteiger partial charge in [0.15, 0.2) is 5.13 Å². The molecule has 0 aliphatic carbocycles. The zero-order chi connectivity index (χ0) is 19.8. The third-order valence-corrected chi connectivity index (χ3v) is 6.17. The van der Waals surface area contributed by atoms with Crippen molar-refractivity contribution in [3.05, 3.63) is 68.5 Å². The van der Waals surface area contributed by atoms with Gasteiger partial charge in [-0.25, -0.2) is 9.97 Å². The van der Waals surface area contributed by atoms with Gasteiger partial charge in [-0.1, -0.05) is 17.7 Å². The van der Waals surface area contributed by atoms with Gasteiger partial charge >= 0.3 is 0 Å². The molecule has 0 atom stereocenters. The van der Waals surface area contributed by atoms with E-state index in [0.29, 0.717) is 21.9 Å². The number of amides is 1. The Labute approximate surface area is 169 Å². The SMILES string of the molecule is CC(=O)N(c1nc(Cn2cnc3ccsc3c2=O)cs1)c1ccc(C)cc1C. The topological polar surface area (TPSA) is 68.1 Å². The Kier molecular flexibility index (Phi) is 4.82. The van der Waals surface area contributed by atoms with Crippen molar-refractivity contribution in [3.8, 4) is 0 Å².